The lowest BCUT2D eigenvalue weighted by Crippen LogP contribution is -2.36. The summed E-state index contributed by atoms with van der Waals surface area (Å²) in [5, 5.41) is 10.0. The summed E-state index contributed by atoms with van der Waals surface area (Å²) < 4.78 is 6.09. The molecule has 3 N–H and O–H groups in total. The van der Waals surface area contributed by atoms with Crippen LogP contribution in [-0.4, -0.2) is 37.6 Å². The highest BCUT2D eigenvalue weighted by molar-refractivity contribution is 6.02. The van der Waals surface area contributed by atoms with Gasteiger partial charge in [-0.05, 0) is 43.7 Å². The van der Waals surface area contributed by atoms with Gasteiger partial charge in [0.2, 0.25) is 11.8 Å². The van der Waals surface area contributed by atoms with Crippen molar-refractivity contribution in [3.8, 4) is 0 Å². The zero-order valence-corrected chi connectivity index (χ0v) is 24.1. The number of hydrogen-bond donors (Lipinski definition) is 3. The van der Waals surface area contributed by atoms with Crippen molar-refractivity contribution < 1.29 is 14.3 Å². The average Bonchev–Trinajstić information content (AvgIpc) is 2.91. The predicted molar refractivity (Wildman–Crippen MR) is 156 cm³/mol. The van der Waals surface area contributed by atoms with E-state index in [0.29, 0.717) is 54.9 Å². The molecule has 2 aromatic rings. The van der Waals surface area contributed by atoms with Crippen LogP contribution in [0.4, 0.5) is 5.69 Å². The molecule has 2 aromatic carbocycles. The third kappa shape index (κ3) is 7.76. The monoisotopic (exact) mass is 533 g/mol. The molecule has 1 atom stereocenters. The molecule has 1 aliphatic heterocycles. The highest BCUT2D eigenvalue weighted by Gasteiger charge is 2.27. The lowest BCUT2D eigenvalue weighted by atomic mass is 9.96. The van der Waals surface area contributed by atoms with E-state index < -0.39 is 0 Å². The summed E-state index contributed by atoms with van der Waals surface area (Å²) >= 11 is 0. The van der Waals surface area contributed by atoms with Crippen molar-refractivity contribution >= 4 is 28.9 Å². The van der Waals surface area contributed by atoms with Gasteiger partial charge >= 0.3 is 0 Å². The number of amides is 2. The maximum Gasteiger partial charge on any atom is 0.227 e. The number of anilines is 1. The van der Waals surface area contributed by atoms with Crippen LogP contribution < -0.4 is 15.5 Å². The summed E-state index contributed by atoms with van der Waals surface area (Å²) in [6.07, 6.45) is 0.857. The Labute approximate surface area is 232 Å². The SMILES string of the molecule is CN/C1=C(\N=N)c2ccccc2N(C(=O)CCC(=O)NCCC(C)(C)OCC(C)C(C)C)Cc2ccccc21. The van der Waals surface area contributed by atoms with Crippen molar-refractivity contribution in [2.45, 2.75) is 66.0 Å². The van der Waals surface area contributed by atoms with Gasteiger partial charge in [-0.15, -0.1) is 0 Å². The molecule has 0 spiro atoms. The molecular formula is C31H43N5O3. The van der Waals surface area contributed by atoms with E-state index in [9.17, 15) is 9.59 Å². The Morgan fingerprint density at radius 2 is 1.72 bits per heavy atom. The normalized spacial score (nSPS) is 16.0. The van der Waals surface area contributed by atoms with Crippen molar-refractivity contribution in [3.05, 3.63) is 65.2 Å². The van der Waals surface area contributed by atoms with E-state index in [4.69, 9.17) is 10.3 Å². The Hall–Kier alpha value is -3.52. The first kappa shape index (κ1) is 30.0. The summed E-state index contributed by atoms with van der Waals surface area (Å²) in [5.74, 6) is 0.712. The molecule has 1 aliphatic rings. The van der Waals surface area contributed by atoms with Gasteiger partial charge in [0.25, 0.3) is 0 Å². The van der Waals surface area contributed by atoms with Gasteiger partial charge in [-0.2, -0.15) is 5.11 Å². The predicted octanol–water partition coefficient (Wildman–Crippen LogP) is 5.98. The largest absolute Gasteiger partial charge is 0.386 e. The molecule has 3 rings (SSSR count). The molecule has 210 valence electrons. The van der Waals surface area contributed by atoms with E-state index in [-0.39, 0.29) is 30.3 Å². The van der Waals surface area contributed by atoms with Gasteiger partial charge in [-0.25, -0.2) is 5.53 Å². The summed E-state index contributed by atoms with van der Waals surface area (Å²) in [4.78, 5) is 27.9. The van der Waals surface area contributed by atoms with Crippen LogP contribution >= 0.6 is 0 Å². The van der Waals surface area contributed by atoms with Gasteiger partial charge in [0.15, 0.2) is 0 Å². The van der Waals surface area contributed by atoms with E-state index in [0.717, 1.165) is 16.8 Å². The van der Waals surface area contributed by atoms with Crippen LogP contribution in [0.5, 0.6) is 0 Å². The first-order valence-corrected chi connectivity index (χ1v) is 13.8. The van der Waals surface area contributed by atoms with Crippen LogP contribution in [0, 0.1) is 17.4 Å². The lowest BCUT2D eigenvalue weighted by Gasteiger charge is -2.30. The standard InChI is InChI=1S/C31H43N5O3/c1-21(2)22(3)20-39-31(4,5)17-18-34-27(37)15-16-28(38)36-19-23-11-7-8-12-24(23)29(33-6)30(35-32)25-13-9-10-14-26(25)36/h7-14,21-22,32-33H,15-20H2,1-6H3,(H,34,37)/b30-29-,35-32?. The maximum absolute atomic E-state index is 13.5. The zero-order chi connectivity index (χ0) is 28.6. The van der Waals surface area contributed by atoms with Crippen molar-refractivity contribution in [2.24, 2.45) is 17.0 Å². The molecule has 8 nitrogen and oxygen atoms in total. The van der Waals surface area contributed by atoms with Gasteiger partial charge < -0.3 is 20.3 Å². The lowest BCUT2D eigenvalue weighted by molar-refractivity contribution is -0.125. The fourth-order valence-electron chi connectivity index (χ4n) is 4.49. The average molecular weight is 534 g/mol. The van der Waals surface area contributed by atoms with Crippen molar-refractivity contribution in [2.75, 3.05) is 25.1 Å². The number of para-hydroxylation sites is 1. The number of nitrogens with zero attached hydrogens (tertiary/aromatic N) is 2. The number of fused-ring (bicyclic) bond motifs is 2. The van der Waals surface area contributed by atoms with Gasteiger partial charge in [0.1, 0.15) is 5.70 Å². The van der Waals surface area contributed by atoms with E-state index in [1.807, 2.05) is 69.4 Å². The van der Waals surface area contributed by atoms with E-state index in [1.54, 1.807) is 4.90 Å². The quantitative estimate of drug-likeness (QED) is 0.292. The zero-order valence-electron chi connectivity index (χ0n) is 24.1. The Balaban J connectivity index is 1.68. The fraction of sp³-hybridized carbons (Fsp3) is 0.484. The molecule has 0 radical (unpaired) electrons. The number of nitrogens with one attached hydrogen (secondary N) is 3. The first-order chi connectivity index (χ1) is 18.6. The van der Waals surface area contributed by atoms with E-state index >= 15 is 0 Å². The van der Waals surface area contributed by atoms with Crippen LogP contribution in [0.1, 0.15) is 70.6 Å². The highest BCUT2D eigenvalue weighted by Crippen LogP contribution is 2.37. The molecule has 1 heterocycles. The van der Waals surface area contributed by atoms with Crippen LogP contribution in [-0.2, 0) is 20.9 Å². The fourth-order valence-corrected chi connectivity index (χ4v) is 4.49. The molecule has 0 fully saturated rings. The molecule has 1 unspecified atom stereocenters. The minimum absolute atomic E-state index is 0.0735. The molecule has 0 bridgehead atoms. The minimum atomic E-state index is -0.339. The molecule has 0 aromatic heterocycles. The third-order valence-corrected chi connectivity index (χ3v) is 7.45. The Morgan fingerprint density at radius 1 is 1.05 bits per heavy atom. The van der Waals surface area contributed by atoms with Gasteiger partial charge in [-0.3, -0.25) is 9.59 Å². The van der Waals surface area contributed by atoms with Crippen molar-refractivity contribution in [1.29, 1.82) is 5.53 Å². The van der Waals surface area contributed by atoms with Crippen LogP contribution in [0.2, 0.25) is 0 Å². The molecule has 39 heavy (non-hydrogen) atoms. The maximum atomic E-state index is 13.5. The number of carbonyl (C=O) groups excluding carboxylic acids is 2. The number of carbonyl (C=O) groups is 2. The van der Waals surface area contributed by atoms with E-state index in [2.05, 4.69) is 36.5 Å². The summed E-state index contributed by atoms with van der Waals surface area (Å²) in [5.41, 5.74) is 12.0. The summed E-state index contributed by atoms with van der Waals surface area (Å²) in [7, 11) is 1.81. The number of ether oxygens (including phenoxy) is 1. The molecule has 0 aliphatic carbocycles. The molecule has 0 saturated heterocycles. The number of benzene rings is 2. The second kappa shape index (κ2) is 13.5. The first-order valence-electron chi connectivity index (χ1n) is 13.8. The second-order valence-corrected chi connectivity index (χ2v) is 11.1. The van der Waals surface area contributed by atoms with Crippen LogP contribution in [0.15, 0.2) is 53.6 Å². The number of rotatable bonds is 12. The molecule has 0 saturated carbocycles. The van der Waals surface area contributed by atoms with Gasteiger partial charge in [-0.1, -0.05) is 63.2 Å². The highest BCUT2D eigenvalue weighted by atomic mass is 16.5. The van der Waals surface area contributed by atoms with Crippen molar-refractivity contribution in [3.63, 3.8) is 0 Å². The smallest absolute Gasteiger partial charge is 0.227 e. The van der Waals surface area contributed by atoms with Gasteiger partial charge in [0.05, 0.1) is 30.1 Å². The topological polar surface area (TPSA) is 107 Å². The minimum Gasteiger partial charge on any atom is -0.386 e. The third-order valence-electron chi connectivity index (χ3n) is 7.45. The van der Waals surface area contributed by atoms with Crippen LogP contribution in [0.3, 0.4) is 0 Å². The second-order valence-electron chi connectivity index (χ2n) is 11.1. The Kier molecular flexibility index (Phi) is 10.4. The van der Waals surface area contributed by atoms with Crippen LogP contribution in [0.25, 0.3) is 11.4 Å². The van der Waals surface area contributed by atoms with E-state index in [1.165, 1.54) is 0 Å². The summed E-state index contributed by atoms with van der Waals surface area (Å²) in [6.45, 7) is 12.2. The van der Waals surface area contributed by atoms with Crippen molar-refractivity contribution in [1.82, 2.24) is 10.6 Å². The molecule has 2 amide bonds. The Bertz CT molecular complexity index is 1200. The molecule has 8 heteroatoms. The Morgan fingerprint density at radius 3 is 2.38 bits per heavy atom. The number of hydrogen-bond acceptors (Lipinski definition) is 6. The van der Waals surface area contributed by atoms with Gasteiger partial charge in [0, 0.05) is 37.6 Å². The summed E-state index contributed by atoms with van der Waals surface area (Å²) in [6, 6.07) is 15.3. The molecular weight excluding hydrogens is 490 g/mol.